The zero-order valence-electron chi connectivity index (χ0n) is 10.3. The monoisotopic (exact) mass is 309 g/mol. The fourth-order valence-electron chi connectivity index (χ4n) is 1.70. The van der Waals surface area contributed by atoms with Gasteiger partial charge in [-0.2, -0.15) is 8.42 Å². The van der Waals surface area contributed by atoms with E-state index >= 15 is 0 Å². The van der Waals surface area contributed by atoms with Gasteiger partial charge in [-0.15, -0.1) is 0 Å². The van der Waals surface area contributed by atoms with Crippen molar-refractivity contribution in [3.8, 4) is 0 Å². The third-order valence-electron chi connectivity index (χ3n) is 2.66. The Kier molecular flexibility index (Phi) is 4.13. The second kappa shape index (κ2) is 5.66. The quantitative estimate of drug-likeness (QED) is 0.517. The Labute approximate surface area is 122 Å². The van der Waals surface area contributed by atoms with Crippen molar-refractivity contribution in [2.75, 3.05) is 5.73 Å². The van der Waals surface area contributed by atoms with Gasteiger partial charge in [0.15, 0.2) is 0 Å². The second-order valence-corrected chi connectivity index (χ2v) is 5.92. The van der Waals surface area contributed by atoms with Gasteiger partial charge in [0.05, 0.1) is 0 Å². The number of anilines is 1. The van der Waals surface area contributed by atoms with E-state index in [1.54, 1.807) is 36.4 Å². The number of nitrogen functional groups attached to an aromatic ring is 1. The van der Waals surface area contributed by atoms with Crippen LogP contribution in [0.1, 0.15) is 11.1 Å². The average molecular weight is 310 g/mol. The minimum Gasteiger partial charge on any atom is -0.399 e. The summed E-state index contributed by atoms with van der Waals surface area (Å²) in [6.45, 7) is 0. The van der Waals surface area contributed by atoms with Crippen LogP contribution in [0.25, 0.3) is 12.2 Å². The highest BCUT2D eigenvalue weighted by Crippen LogP contribution is 2.23. The summed E-state index contributed by atoms with van der Waals surface area (Å²) >= 11 is 6.01. The molecular weight excluding hydrogens is 298 g/mol. The molecule has 2 aromatic carbocycles. The highest BCUT2D eigenvalue weighted by atomic mass is 35.5. The molecular formula is C14H12ClNO3S. The van der Waals surface area contributed by atoms with Crippen molar-refractivity contribution in [2.45, 2.75) is 4.90 Å². The zero-order valence-corrected chi connectivity index (χ0v) is 11.9. The summed E-state index contributed by atoms with van der Waals surface area (Å²) in [5, 5.41) is 0.549. The molecule has 20 heavy (non-hydrogen) atoms. The molecule has 0 fully saturated rings. The SMILES string of the molecule is Nc1ccc(C=Cc2ccccc2Cl)c(S(=O)(=O)O)c1. The lowest BCUT2D eigenvalue weighted by molar-refractivity contribution is 0.483. The van der Waals surface area contributed by atoms with Crippen LogP contribution in [0.15, 0.2) is 47.4 Å². The van der Waals surface area contributed by atoms with Crippen molar-refractivity contribution >= 4 is 39.6 Å². The van der Waals surface area contributed by atoms with Gasteiger partial charge >= 0.3 is 0 Å². The number of benzene rings is 2. The van der Waals surface area contributed by atoms with E-state index in [1.807, 2.05) is 6.07 Å². The van der Waals surface area contributed by atoms with Gasteiger partial charge in [0.2, 0.25) is 0 Å². The smallest absolute Gasteiger partial charge is 0.295 e. The molecule has 0 unspecified atom stereocenters. The molecule has 3 N–H and O–H groups in total. The molecule has 0 spiro atoms. The van der Waals surface area contributed by atoms with Crippen molar-refractivity contribution in [1.82, 2.24) is 0 Å². The van der Waals surface area contributed by atoms with Gasteiger partial charge in [-0.05, 0) is 29.3 Å². The number of halogens is 1. The Morgan fingerprint density at radius 2 is 1.70 bits per heavy atom. The van der Waals surface area contributed by atoms with Crippen LogP contribution in [0.5, 0.6) is 0 Å². The van der Waals surface area contributed by atoms with Crippen molar-refractivity contribution in [3.05, 3.63) is 58.6 Å². The predicted octanol–water partition coefficient (Wildman–Crippen LogP) is 3.34. The summed E-state index contributed by atoms with van der Waals surface area (Å²) < 4.78 is 31.9. The van der Waals surface area contributed by atoms with Crippen LogP contribution in [0.3, 0.4) is 0 Å². The molecule has 0 radical (unpaired) electrons. The van der Waals surface area contributed by atoms with E-state index in [4.69, 9.17) is 17.3 Å². The standard InChI is InChI=1S/C14H12ClNO3S/c15-13-4-2-1-3-10(13)5-6-11-7-8-12(16)9-14(11)20(17,18)19/h1-9H,16H2,(H,17,18,19). The fourth-order valence-corrected chi connectivity index (χ4v) is 2.62. The fraction of sp³-hybridized carbons (Fsp3) is 0. The summed E-state index contributed by atoms with van der Waals surface area (Å²) in [6, 6.07) is 11.4. The summed E-state index contributed by atoms with van der Waals surface area (Å²) in [6.07, 6.45) is 3.23. The third-order valence-corrected chi connectivity index (χ3v) is 3.92. The highest BCUT2D eigenvalue weighted by molar-refractivity contribution is 7.86. The molecule has 0 aromatic heterocycles. The summed E-state index contributed by atoms with van der Waals surface area (Å²) in [5.74, 6) is 0. The number of rotatable bonds is 3. The molecule has 4 nitrogen and oxygen atoms in total. The Hall–Kier alpha value is -1.82. The van der Waals surface area contributed by atoms with Gasteiger partial charge in [-0.3, -0.25) is 4.55 Å². The number of hydrogen-bond donors (Lipinski definition) is 2. The van der Waals surface area contributed by atoms with Crippen molar-refractivity contribution in [2.24, 2.45) is 0 Å². The Balaban J connectivity index is 2.47. The zero-order chi connectivity index (χ0) is 14.8. The Morgan fingerprint density at radius 1 is 1.05 bits per heavy atom. The summed E-state index contributed by atoms with van der Waals surface area (Å²) in [5.41, 5.74) is 6.87. The molecule has 0 amide bonds. The molecule has 0 bridgehead atoms. The molecule has 2 rings (SSSR count). The van der Waals surface area contributed by atoms with Gasteiger partial charge in [-0.25, -0.2) is 0 Å². The minimum absolute atomic E-state index is 0.235. The lowest BCUT2D eigenvalue weighted by Gasteiger charge is -2.04. The van der Waals surface area contributed by atoms with Crippen LogP contribution in [-0.4, -0.2) is 13.0 Å². The summed E-state index contributed by atoms with van der Waals surface area (Å²) in [7, 11) is -4.33. The minimum atomic E-state index is -4.33. The van der Waals surface area contributed by atoms with Crippen LogP contribution in [0, 0.1) is 0 Å². The first kappa shape index (κ1) is 14.6. The molecule has 2 aromatic rings. The topological polar surface area (TPSA) is 80.4 Å². The van der Waals surface area contributed by atoms with E-state index in [0.717, 1.165) is 5.56 Å². The predicted molar refractivity (Wildman–Crippen MR) is 81.0 cm³/mol. The Bertz CT molecular complexity index is 770. The van der Waals surface area contributed by atoms with Gasteiger partial charge < -0.3 is 5.73 Å². The maximum Gasteiger partial charge on any atom is 0.295 e. The molecule has 0 atom stereocenters. The second-order valence-electron chi connectivity index (χ2n) is 4.13. The van der Waals surface area contributed by atoms with Crippen LogP contribution < -0.4 is 5.73 Å². The molecule has 104 valence electrons. The van der Waals surface area contributed by atoms with Gasteiger partial charge in [-0.1, -0.05) is 48.0 Å². The van der Waals surface area contributed by atoms with Crippen molar-refractivity contribution < 1.29 is 13.0 Å². The highest BCUT2D eigenvalue weighted by Gasteiger charge is 2.14. The van der Waals surface area contributed by atoms with Gasteiger partial charge in [0.25, 0.3) is 10.1 Å². The van der Waals surface area contributed by atoms with Crippen LogP contribution >= 0.6 is 11.6 Å². The Morgan fingerprint density at radius 3 is 2.35 bits per heavy atom. The molecule has 0 aliphatic rings. The van der Waals surface area contributed by atoms with Crippen molar-refractivity contribution in [1.29, 1.82) is 0 Å². The molecule has 0 saturated carbocycles. The van der Waals surface area contributed by atoms with E-state index in [1.165, 1.54) is 12.1 Å². The van der Waals surface area contributed by atoms with Crippen LogP contribution in [0.4, 0.5) is 5.69 Å². The maximum atomic E-state index is 11.3. The lowest BCUT2D eigenvalue weighted by atomic mass is 10.1. The first-order valence-electron chi connectivity index (χ1n) is 5.67. The normalized spacial score (nSPS) is 11.9. The lowest BCUT2D eigenvalue weighted by Crippen LogP contribution is -2.02. The molecule has 0 aliphatic carbocycles. The van der Waals surface area contributed by atoms with E-state index in [-0.39, 0.29) is 10.6 Å². The van der Waals surface area contributed by atoms with Crippen LogP contribution in [0.2, 0.25) is 5.02 Å². The third kappa shape index (κ3) is 3.39. The summed E-state index contributed by atoms with van der Waals surface area (Å²) in [4.78, 5) is -0.235. The van der Waals surface area contributed by atoms with E-state index < -0.39 is 10.1 Å². The number of hydrogen-bond acceptors (Lipinski definition) is 3. The maximum absolute atomic E-state index is 11.3. The van der Waals surface area contributed by atoms with Gasteiger partial charge in [0, 0.05) is 10.7 Å². The molecule has 6 heteroatoms. The first-order valence-corrected chi connectivity index (χ1v) is 7.49. The van der Waals surface area contributed by atoms with Crippen molar-refractivity contribution in [3.63, 3.8) is 0 Å². The molecule has 0 heterocycles. The van der Waals surface area contributed by atoms with E-state index in [2.05, 4.69) is 0 Å². The molecule has 0 aliphatic heterocycles. The van der Waals surface area contributed by atoms with Gasteiger partial charge in [0.1, 0.15) is 4.90 Å². The van der Waals surface area contributed by atoms with E-state index in [9.17, 15) is 13.0 Å². The largest absolute Gasteiger partial charge is 0.399 e. The average Bonchev–Trinajstić information content (AvgIpc) is 2.38. The number of nitrogens with two attached hydrogens (primary N) is 1. The van der Waals surface area contributed by atoms with Crippen LogP contribution in [-0.2, 0) is 10.1 Å². The molecule has 0 saturated heterocycles. The van der Waals surface area contributed by atoms with E-state index in [0.29, 0.717) is 10.6 Å². The first-order chi connectivity index (χ1) is 9.38.